The quantitative estimate of drug-likeness (QED) is 0.322. The lowest BCUT2D eigenvalue weighted by atomic mass is 10.1. The monoisotopic (exact) mass is 436 g/mol. The highest BCUT2D eigenvalue weighted by atomic mass is 16.5. The van der Waals surface area contributed by atoms with Crippen molar-refractivity contribution in [3.8, 4) is 23.0 Å². The Balaban J connectivity index is 1.98. The SMILES string of the molecule is C=CCCCN(C(=O)O)c1cc(C)c(Oc2ccnc3cc(OC)c(OC)cc23)cc1C. The van der Waals surface area contributed by atoms with E-state index in [2.05, 4.69) is 11.6 Å². The summed E-state index contributed by atoms with van der Waals surface area (Å²) in [5, 5.41) is 10.5. The highest BCUT2D eigenvalue weighted by molar-refractivity contribution is 5.89. The van der Waals surface area contributed by atoms with Crippen molar-refractivity contribution in [2.24, 2.45) is 0 Å². The number of anilines is 1. The number of nitrogens with zero attached hydrogens (tertiary/aromatic N) is 2. The summed E-state index contributed by atoms with van der Waals surface area (Å²) in [5.41, 5.74) is 3.00. The largest absolute Gasteiger partial charge is 0.493 e. The molecule has 1 heterocycles. The third kappa shape index (κ3) is 4.77. The summed E-state index contributed by atoms with van der Waals surface area (Å²) < 4.78 is 17.0. The molecule has 7 nitrogen and oxygen atoms in total. The lowest BCUT2D eigenvalue weighted by molar-refractivity contribution is 0.201. The maximum atomic E-state index is 11.8. The maximum Gasteiger partial charge on any atom is 0.411 e. The fourth-order valence-corrected chi connectivity index (χ4v) is 3.54. The van der Waals surface area contributed by atoms with Gasteiger partial charge in [0.1, 0.15) is 11.5 Å². The second kappa shape index (κ2) is 10.0. The molecule has 7 heteroatoms. The fourth-order valence-electron chi connectivity index (χ4n) is 3.54. The molecule has 0 aliphatic heterocycles. The van der Waals surface area contributed by atoms with Crippen LogP contribution in [0.2, 0.25) is 0 Å². The minimum Gasteiger partial charge on any atom is -0.493 e. The number of methoxy groups -OCH3 is 2. The van der Waals surface area contributed by atoms with Gasteiger partial charge < -0.3 is 19.3 Å². The smallest absolute Gasteiger partial charge is 0.411 e. The number of hydrogen-bond donors (Lipinski definition) is 1. The van der Waals surface area contributed by atoms with Gasteiger partial charge in [-0.2, -0.15) is 0 Å². The van der Waals surface area contributed by atoms with Gasteiger partial charge in [0, 0.05) is 24.2 Å². The predicted molar refractivity (Wildman–Crippen MR) is 126 cm³/mol. The van der Waals surface area contributed by atoms with Crippen LogP contribution in [0.5, 0.6) is 23.0 Å². The molecule has 0 unspecified atom stereocenters. The Morgan fingerprint density at radius 2 is 1.78 bits per heavy atom. The normalized spacial score (nSPS) is 10.6. The van der Waals surface area contributed by atoms with E-state index in [4.69, 9.17) is 14.2 Å². The van der Waals surface area contributed by atoms with Crippen molar-refractivity contribution in [3.63, 3.8) is 0 Å². The molecule has 3 aromatic rings. The van der Waals surface area contributed by atoms with Crippen molar-refractivity contribution in [2.75, 3.05) is 25.7 Å². The van der Waals surface area contributed by atoms with Crippen LogP contribution in [0.3, 0.4) is 0 Å². The Labute approximate surface area is 187 Å². The van der Waals surface area contributed by atoms with E-state index >= 15 is 0 Å². The average Bonchev–Trinajstić information content (AvgIpc) is 2.78. The fraction of sp³-hybridized carbons (Fsp3) is 0.280. The van der Waals surface area contributed by atoms with Gasteiger partial charge in [-0.3, -0.25) is 9.88 Å². The van der Waals surface area contributed by atoms with Crippen molar-refractivity contribution >= 4 is 22.7 Å². The van der Waals surface area contributed by atoms with E-state index in [9.17, 15) is 9.90 Å². The van der Waals surface area contributed by atoms with Gasteiger partial charge in [0.15, 0.2) is 11.5 Å². The summed E-state index contributed by atoms with van der Waals surface area (Å²) >= 11 is 0. The molecule has 0 saturated heterocycles. The molecule has 0 fully saturated rings. The number of fused-ring (bicyclic) bond motifs is 1. The molecule has 32 heavy (non-hydrogen) atoms. The van der Waals surface area contributed by atoms with E-state index < -0.39 is 6.09 Å². The second-order valence-electron chi connectivity index (χ2n) is 7.40. The number of hydrogen-bond acceptors (Lipinski definition) is 5. The van der Waals surface area contributed by atoms with Crippen LogP contribution in [-0.4, -0.2) is 36.9 Å². The zero-order valence-corrected chi connectivity index (χ0v) is 18.8. The summed E-state index contributed by atoms with van der Waals surface area (Å²) in [4.78, 5) is 17.6. The molecule has 1 aromatic heterocycles. The number of carbonyl (C=O) groups is 1. The molecule has 1 amide bonds. The van der Waals surface area contributed by atoms with E-state index in [-0.39, 0.29) is 0 Å². The topological polar surface area (TPSA) is 81.1 Å². The van der Waals surface area contributed by atoms with Gasteiger partial charge in [0.2, 0.25) is 0 Å². The van der Waals surface area contributed by atoms with Crippen LogP contribution in [-0.2, 0) is 0 Å². The number of aromatic nitrogens is 1. The van der Waals surface area contributed by atoms with E-state index in [1.807, 2.05) is 32.0 Å². The zero-order chi connectivity index (χ0) is 23.3. The summed E-state index contributed by atoms with van der Waals surface area (Å²) in [6.07, 6.45) is 3.95. The van der Waals surface area contributed by atoms with Crippen molar-refractivity contribution in [2.45, 2.75) is 26.7 Å². The molecular formula is C25H28N2O5. The van der Waals surface area contributed by atoms with Gasteiger partial charge in [-0.05, 0) is 62.1 Å². The predicted octanol–water partition coefficient (Wildman–Crippen LogP) is 6.11. The van der Waals surface area contributed by atoms with Gasteiger partial charge in [0.05, 0.1) is 25.4 Å². The highest BCUT2D eigenvalue weighted by Crippen LogP contribution is 2.38. The maximum absolute atomic E-state index is 11.8. The van der Waals surface area contributed by atoms with E-state index in [0.29, 0.717) is 47.2 Å². The molecule has 0 atom stereocenters. The molecule has 3 rings (SSSR count). The zero-order valence-electron chi connectivity index (χ0n) is 18.8. The van der Waals surface area contributed by atoms with Gasteiger partial charge in [-0.1, -0.05) is 6.08 Å². The number of amides is 1. The highest BCUT2D eigenvalue weighted by Gasteiger charge is 2.19. The van der Waals surface area contributed by atoms with Crippen LogP contribution in [0.1, 0.15) is 24.0 Å². The number of allylic oxidation sites excluding steroid dienone is 1. The number of unbranched alkanes of at least 4 members (excludes halogenated alkanes) is 1. The Morgan fingerprint density at radius 1 is 1.06 bits per heavy atom. The van der Waals surface area contributed by atoms with Crippen LogP contribution < -0.4 is 19.1 Å². The van der Waals surface area contributed by atoms with E-state index in [1.54, 1.807) is 38.6 Å². The van der Waals surface area contributed by atoms with Gasteiger partial charge in [-0.25, -0.2) is 4.79 Å². The molecular weight excluding hydrogens is 408 g/mol. The number of pyridine rings is 1. The second-order valence-corrected chi connectivity index (χ2v) is 7.40. The third-order valence-electron chi connectivity index (χ3n) is 5.23. The number of aryl methyl sites for hydroxylation is 2. The number of carboxylic acid groups (broad SMARTS) is 1. The van der Waals surface area contributed by atoms with E-state index in [0.717, 1.165) is 22.9 Å². The molecule has 0 aliphatic rings. The third-order valence-corrected chi connectivity index (χ3v) is 5.23. The van der Waals surface area contributed by atoms with Crippen molar-refractivity contribution < 1.29 is 24.1 Å². The molecule has 0 spiro atoms. The molecule has 0 bridgehead atoms. The van der Waals surface area contributed by atoms with Crippen LogP contribution >= 0.6 is 0 Å². The van der Waals surface area contributed by atoms with Gasteiger partial charge >= 0.3 is 6.09 Å². The molecule has 0 saturated carbocycles. The molecule has 0 radical (unpaired) electrons. The first-order chi connectivity index (χ1) is 15.4. The van der Waals surface area contributed by atoms with Gasteiger partial charge in [-0.15, -0.1) is 6.58 Å². The summed E-state index contributed by atoms with van der Waals surface area (Å²) in [6.45, 7) is 7.88. The Kier molecular flexibility index (Phi) is 7.20. The first-order valence-corrected chi connectivity index (χ1v) is 10.3. The number of benzene rings is 2. The standard InChI is InChI=1S/C25H28N2O5/c1-6-7-8-11-27(25(28)29)20-12-17(3)22(13-16(20)2)32-21-9-10-26-19-15-24(31-5)23(30-4)14-18(19)21/h6,9-10,12-15H,1,7-8,11H2,2-5H3,(H,28,29). The first kappa shape index (κ1) is 22.9. The number of ether oxygens (including phenoxy) is 3. The van der Waals surface area contributed by atoms with Crippen molar-refractivity contribution in [1.82, 2.24) is 4.98 Å². The van der Waals surface area contributed by atoms with Crippen molar-refractivity contribution in [3.05, 3.63) is 60.3 Å². The van der Waals surface area contributed by atoms with Crippen LogP contribution in [0.15, 0.2) is 49.2 Å². The van der Waals surface area contributed by atoms with Crippen LogP contribution in [0, 0.1) is 13.8 Å². The van der Waals surface area contributed by atoms with Gasteiger partial charge in [0.25, 0.3) is 0 Å². The molecule has 0 aliphatic carbocycles. The number of rotatable bonds is 9. The van der Waals surface area contributed by atoms with Crippen LogP contribution in [0.4, 0.5) is 10.5 Å². The van der Waals surface area contributed by atoms with E-state index in [1.165, 1.54) is 4.90 Å². The Bertz CT molecular complexity index is 1140. The Hall–Kier alpha value is -3.74. The average molecular weight is 437 g/mol. The molecule has 168 valence electrons. The Morgan fingerprint density at radius 3 is 2.44 bits per heavy atom. The summed E-state index contributed by atoms with van der Waals surface area (Å²) in [7, 11) is 3.16. The van der Waals surface area contributed by atoms with Crippen LogP contribution in [0.25, 0.3) is 10.9 Å². The lowest BCUT2D eigenvalue weighted by Crippen LogP contribution is -2.30. The first-order valence-electron chi connectivity index (χ1n) is 10.3. The molecule has 1 N–H and O–H groups in total. The minimum atomic E-state index is -0.980. The van der Waals surface area contributed by atoms with Crippen molar-refractivity contribution in [1.29, 1.82) is 0 Å². The minimum absolute atomic E-state index is 0.401. The summed E-state index contributed by atoms with van der Waals surface area (Å²) in [5.74, 6) is 2.43. The summed E-state index contributed by atoms with van der Waals surface area (Å²) in [6, 6.07) is 9.13. The lowest BCUT2D eigenvalue weighted by Gasteiger charge is -2.23. The molecule has 2 aromatic carbocycles.